The van der Waals surface area contributed by atoms with E-state index in [2.05, 4.69) is 0 Å². The lowest BCUT2D eigenvalue weighted by atomic mass is 10.2. The molecular weight excluding hydrogens is 210 g/mol. The molecule has 0 aromatic heterocycles. The second-order valence-corrected chi connectivity index (χ2v) is 3.51. The zero-order chi connectivity index (χ0) is 11.3. The molecule has 1 rings (SSSR count). The summed E-state index contributed by atoms with van der Waals surface area (Å²) in [5, 5.41) is 0. The van der Waals surface area contributed by atoms with Crippen LogP contribution in [0.5, 0.6) is 11.5 Å². The van der Waals surface area contributed by atoms with E-state index in [0.717, 1.165) is 17.7 Å². The summed E-state index contributed by atoms with van der Waals surface area (Å²) < 4.78 is 10.6. The fourth-order valence-electron chi connectivity index (χ4n) is 1.16. The number of thiocarbonyl (C=S) groups is 1. The Morgan fingerprint density at radius 3 is 2.73 bits per heavy atom. The maximum Gasteiger partial charge on any atom is 0.133 e. The summed E-state index contributed by atoms with van der Waals surface area (Å²) in [5.41, 5.74) is 6.34. The Labute approximate surface area is 95.2 Å². The molecule has 1 aromatic carbocycles. The van der Waals surface area contributed by atoms with E-state index in [1.165, 1.54) is 0 Å². The summed E-state index contributed by atoms with van der Waals surface area (Å²) in [6.07, 6.45) is 0.938. The van der Waals surface area contributed by atoms with Gasteiger partial charge in [-0.05, 0) is 18.6 Å². The minimum Gasteiger partial charge on any atom is -0.497 e. The van der Waals surface area contributed by atoms with Crippen LogP contribution in [0.1, 0.15) is 18.9 Å². The Morgan fingerprint density at radius 1 is 1.47 bits per heavy atom. The first-order valence-electron chi connectivity index (χ1n) is 4.79. The Bertz CT molecular complexity index is 352. The molecule has 0 aliphatic carbocycles. The minimum atomic E-state index is 0.337. The summed E-state index contributed by atoms with van der Waals surface area (Å²) in [6, 6.07) is 5.42. The van der Waals surface area contributed by atoms with Crippen LogP contribution in [0.3, 0.4) is 0 Å². The molecule has 4 heteroatoms. The van der Waals surface area contributed by atoms with Crippen LogP contribution in [0, 0.1) is 0 Å². The Morgan fingerprint density at radius 2 is 2.20 bits per heavy atom. The molecule has 0 aliphatic heterocycles. The molecule has 0 heterocycles. The van der Waals surface area contributed by atoms with Gasteiger partial charge in [-0.3, -0.25) is 0 Å². The first kappa shape index (κ1) is 11.8. The highest BCUT2D eigenvalue weighted by Gasteiger charge is 2.07. The Hall–Kier alpha value is -1.29. The van der Waals surface area contributed by atoms with Crippen LogP contribution >= 0.6 is 12.2 Å². The predicted octanol–water partition coefficient (Wildman–Crippen LogP) is 2.12. The van der Waals surface area contributed by atoms with Gasteiger partial charge >= 0.3 is 0 Å². The van der Waals surface area contributed by atoms with Gasteiger partial charge in [-0.25, -0.2) is 0 Å². The van der Waals surface area contributed by atoms with Crippen LogP contribution in [0.4, 0.5) is 0 Å². The van der Waals surface area contributed by atoms with Crippen LogP contribution in [-0.4, -0.2) is 18.7 Å². The van der Waals surface area contributed by atoms with Gasteiger partial charge in [0.2, 0.25) is 0 Å². The molecule has 15 heavy (non-hydrogen) atoms. The van der Waals surface area contributed by atoms with E-state index in [9.17, 15) is 0 Å². The fourth-order valence-corrected chi connectivity index (χ4v) is 1.33. The van der Waals surface area contributed by atoms with Gasteiger partial charge in [-0.2, -0.15) is 0 Å². The van der Waals surface area contributed by atoms with Crippen molar-refractivity contribution in [2.75, 3.05) is 13.7 Å². The van der Waals surface area contributed by atoms with Crippen molar-refractivity contribution in [3.8, 4) is 11.5 Å². The van der Waals surface area contributed by atoms with Gasteiger partial charge in [0.25, 0.3) is 0 Å². The third-order valence-corrected chi connectivity index (χ3v) is 2.14. The summed E-state index contributed by atoms with van der Waals surface area (Å²) in [5.74, 6) is 1.42. The molecule has 0 aliphatic rings. The van der Waals surface area contributed by atoms with Crippen molar-refractivity contribution in [3.05, 3.63) is 23.8 Å². The molecule has 0 fully saturated rings. The van der Waals surface area contributed by atoms with Gasteiger partial charge in [0, 0.05) is 6.07 Å². The van der Waals surface area contributed by atoms with E-state index in [0.29, 0.717) is 17.3 Å². The van der Waals surface area contributed by atoms with Crippen molar-refractivity contribution in [2.24, 2.45) is 5.73 Å². The lowest BCUT2D eigenvalue weighted by molar-refractivity contribution is 0.314. The molecule has 0 saturated carbocycles. The fraction of sp³-hybridized carbons (Fsp3) is 0.364. The molecule has 0 saturated heterocycles. The quantitative estimate of drug-likeness (QED) is 0.780. The van der Waals surface area contributed by atoms with Crippen molar-refractivity contribution in [1.29, 1.82) is 0 Å². The SMILES string of the molecule is CCCOc1cc(OC)ccc1C(N)=S. The van der Waals surface area contributed by atoms with Crippen molar-refractivity contribution in [2.45, 2.75) is 13.3 Å². The minimum absolute atomic E-state index is 0.337. The third-order valence-electron chi connectivity index (χ3n) is 1.92. The van der Waals surface area contributed by atoms with Crippen LogP contribution in [0.15, 0.2) is 18.2 Å². The third kappa shape index (κ3) is 3.09. The summed E-state index contributed by atoms with van der Waals surface area (Å²) >= 11 is 4.94. The lowest BCUT2D eigenvalue weighted by Gasteiger charge is -2.11. The number of methoxy groups -OCH3 is 1. The van der Waals surface area contributed by atoms with E-state index >= 15 is 0 Å². The molecule has 0 radical (unpaired) electrons. The average Bonchev–Trinajstić information content (AvgIpc) is 2.25. The van der Waals surface area contributed by atoms with Crippen molar-refractivity contribution in [1.82, 2.24) is 0 Å². The molecule has 0 amide bonds. The zero-order valence-electron chi connectivity index (χ0n) is 8.95. The van der Waals surface area contributed by atoms with E-state index in [-0.39, 0.29) is 0 Å². The maximum absolute atomic E-state index is 5.59. The van der Waals surface area contributed by atoms with Crippen LogP contribution < -0.4 is 15.2 Å². The first-order chi connectivity index (χ1) is 7.19. The first-order valence-corrected chi connectivity index (χ1v) is 5.20. The molecule has 0 spiro atoms. The summed E-state index contributed by atoms with van der Waals surface area (Å²) in [6.45, 7) is 2.68. The van der Waals surface area contributed by atoms with Crippen LogP contribution in [0.2, 0.25) is 0 Å². The van der Waals surface area contributed by atoms with Gasteiger partial charge in [0.05, 0.1) is 19.3 Å². The standard InChI is InChI=1S/C11H15NO2S/c1-3-6-14-10-7-8(13-2)4-5-9(10)11(12)15/h4-5,7H,3,6H2,1-2H3,(H2,12,15). The van der Waals surface area contributed by atoms with E-state index in [4.69, 9.17) is 27.4 Å². The highest BCUT2D eigenvalue weighted by atomic mass is 32.1. The molecular formula is C11H15NO2S. The van der Waals surface area contributed by atoms with Crippen molar-refractivity contribution in [3.63, 3.8) is 0 Å². The normalized spacial score (nSPS) is 9.73. The van der Waals surface area contributed by atoms with E-state index in [1.54, 1.807) is 13.2 Å². The van der Waals surface area contributed by atoms with Gasteiger partial charge in [-0.15, -0.1) is 0 Å². The number of hydrogen-bond acceptors (Lipinski definition) is 3. The molecule has 2 N–H and O–H groups in total. The number of rotatable bonds is 5. The molecule has 1 aromatic rings. The largest absolute Gasteiger partial charge is 0.497 e. The van der Waals surface area contributed by atoms with Gasteiger partial charge in [0.15, 0.2) is 0 Å². The van der Waals surface area contributed by atoms with Crippen LogP contribution in [-0.2, 0) is 0 Å². The smallest absolute Gasteiger partial charge is 0.133 e. The molecule has 0 atom stereocenters. The Balaban J connectivity index is 2.99. The topological polar surface area (TPSA) is 44.5 Å². The molecule has 82 valence electrons. The van der Waals surface area contributed by atoms with Gasteiger partial charge in [-0.1, -0.05) is 19.1 Å². The summed E-state index contributed by atoms with van der Waals surface area (Å²) in [7, 11) is 1.61. The average molecular weight is 225 g/mol. The number of benzene rings is 1. The molecule has 0 unspecified atom stereocenters. The second kappa shape index (κ2) is 5.56. The highest BCUT2D eigenvalue weighted by molar-refractivity contribution is 7.80. The molecule has 0 bridgehead atoms. The number of ether oxygens (including phenoxy) is 2. The lowest BCUT2D eigenvalue weighted by Crippen LogP contribution is -2.12. The second-order valence-electron chi connectivity index (χ2n) is 3.07. The van der Waals surface area contributed by atoms with Gasteiger partial charge in [0.1, 0.15) is 16.5 Å². The number of nitrogens with two attached hydrogens (primary N) is 1. The molecule has 3 nitrogen and oxygen atoms in total. The highest BCUT2D eigenvalue weighted by Crippen LogP contribution is 2.24. The number of hydrogen-bond donors (Lipinski definition) is 1. The predicted molar refractivity (Wildman–Crippen MR) is 64.7 cm³/mol. The Kier molecular flexibility index (Phi) is 4.37. The van der Waals surface area contributed by atoms with E-state index < -0.39 is 0 Å². The van der Waals surface area contributed by atoms with Crippen molar-refractivity contribution < 1.29 is 9.47 Å². The monoisotopic (exact) mass is 225 g/mol. The summed E-state index contributed by atoms with van der Waals surface area (Å²) in [4.78, 5) is 0.337. The van der Waals surface area contributed by atoms with Crippen LogP contribution in [0.25, 0.3) is 0 Å². The zero-order valence-corrected chi connectivity index (χ0v) is 9.76. The van der Waals surface area contributed by atoms with Crippen molar-refractivity contribution >= 4 is 17.2 Å². The van der Waals surface area contributed by atoms with E-state index in [1.807, 2.05) is 19.1 Å². The van der Waals surface area contributed by atoms with Gasteiger partial charge < -0.3 is 15.2 Å². The maximum atomic E-state index is 5.59.